The topological polar surface area (TPSA) is 64.6 Å². The number of benzene rings is 2. The molecule has 0 bridgehead atoms. The highest BCUT2D eigenvalue weighted by Crippen LogP contribution is 2.32. The molecular formula is C15H9Cl2NO4. The van der Waals surface area contributed by atoms with Gasteiger partial charge in [0.1, 0.15) is 11.5 Å². The Kier molecular flexibility index (Phi) is 3.92. The lowest BCUT2D eigenvalue weighted by atomic mass is 10.2. The fourth-order valence-electron chi connectivity index (χ4n) is 1.91. The number of ether oxygens (including phenoxy) is 2. The highest BCUT2D eigenvalue weighted by Gasteiger charge is 2.17. The fourth-order valence-corrected chi connectivity index (χ4v) is 2.21. The molecule has 0 aliphatic carbocycles. The van der Waals surface area contributed by atoms with Crippen molar-refractivity contribution >= 4 is 40.8 Å². The normalized spacial score (nSPS) is 12.9. The number of amides is 1. The third kappa shape index (κ3) is 3.00. The summed E-state index contributed by atoms with van der Waals surface area (Å²) < 4.78 is 10.5. The monoisotopic (exact) mass is 337 g/mol. The molecule has 7 heteroatoms. The van der Waals surface area contributed by atoms with E-state index in [1.807, 2.05) is 0 Å². The van der Waals surface area contributed by atoms with Gasteiger partial charge in [-0.25, -0.2) is 4.79 Å². The summed E-state index contributed by atoms with van der Waals surface area (Å²) in [5, 5.41) is 3.26. The van der Waals surface area contributed by atoms with Gasteiger partial charge in [0.2, 0.25) is 0 Å². The van der Waals surface area contributed by atoms with Crippen LogP contribution in [-0.2, 0) is 4.79 Å². The third-order valence-electron chi connectivity index (χ3n) is 2.95. The molecule has 0 fully saturated rings. The van der Waals surface area contributed by atoms with Crippen LogP contribution >= 0.6 is 23.2 Å². The van der Waals surface area contributed by atoms with Gasteiger partial charge in [0, 0.05) is 6.07 Å². The van der Waals surface area contributed by atoms with Crippen LogP contribution in [-0.4, -0.2) is 18.5 Å². The highest BCUT2D eigenvalue weighted by molar-refractivity contribution is 6.42. The first-order valence-electron chi connectivity index (χ1n) is 6.27. The summed E-state index contributed by atoms with van der Waals surface area (Å²) in [7, 11) is 0. The Hall–Kier alpha value is -2.24. The largest absolute Gasteiger partial charge is 0.482 e. The molecule has 0 radical (unpaired) electrons. The molecule has 5 nitrogen and oxygen atoms in total. The first-order valence-corrected chi connectivity index (χ1v) is 7.02. The summed E-state index contributed by atoms with van der Waals surface area (Å²) in [6, 6.07) is 9.16. The van der Waals surface area contributed by atoms with Crippen molar-refractivity contribution < 1.29 is 19.1 Å². The summed E-state index contributed by atoms with van der Waals surface area (Å²) in [6.07, 6.45) is 0. The van der Waals surface area contributed by atoms with Crippen molar-refractivity contribution in [3.05, 3.63) is 52.0 Å². The average Bonchev–Trinajstić information content (AvgIpc) is 2.49. The van der Waals surface area contributed by atoms with E-state index in [1.165, 1.54) is 24.3 Å². The molecule has 1 amide bonds. The van der Waals surface area contributed by atoms with Crippen LogP contribution in [0.5, 0.6) is 11.5 Å². The van der Waals surface area contributed by atoms with E-state index in [-0.39, 0.29) is 28.8 Å². The molecule has 1 heterocycles. The number of fused-ring (bicyclic) bond motifs is 1. The van der Waals surface area contributed by atoms with E-state index in [1.54, 1.807) is 12.1 Å². The number of esters is 1. The van der Waals surface area contributed by atoms with E-state index in [0.717, 1.165) is 0 Å². The molecule has 2 aromatic rings. The Morgan fingerprint density at radius 1 is 1.14 bits per heavy atom. The molecule has 22 heavy (non-hydrogen) atoms. The minimum absolute atomic E-state index is 0.0323. The van der Waals surface area contributed by atoms with E-state index in [2.05, 4.69) is 5.32 Å². The van der Waals surface area contributed by atoms with Gasteiger partial charge in [0.05, 0.1) is 21.3 Å². The number of rotatable bonds is 2. The number of carbonyl (C=O) groups excluding carboxylic acids is 2. The molecular weight excluding hydrogens is 329 g/mol. The highest BCUT2D eigenvalue weighted by atomic mass is 35.5. The molecule has 0 saturated heterocycles. The average molecular weight is 338 g/mol. The number of hydrogen-bond donors (Lipinski definition) is 1. The molecule has 0 unspecified atom stereocenters. The second-order valence-corrected chi connectivity index (χ2v) is 5.33. The van der Waals surface area contributed by atoms with Gasteiger partial charge in [0.15, 0.2) is 6.61 Å². The molecule has 0 saturated carbocycles. The Morgan fingerprint density at radius 3 is 2.73 bits per heavy atom. The Labute approximate surface area is 135 Å². The Morgan fingerprint density at radius 2 is 1.95 bits per heavy atom. The van der Waals surface area contributed by atoms with Crippen LogP contribution in [0.15, 0.2) is 36.4 Å². The summed E-state index contributed by atoms with van der Waals surface area (Å²) >= 11 is 11.7. The second kappa shape index (κ2) is 5.87. The Balaban J connectivity index is 1.80. The van der Waals surface area contributed by atoms with E-state index in [0.29, 0.717) is 16.5 Å². The maximum atomic E-state index is 12.1. The summed E-state index contributed by atoms with van der Waals surface area (Å²) in [5.74, 6) is -0.0448. The van der Waals surface area contributed by atoms with Crippen LogP contribution < -0.4 is 14.8 Å². The number of halogens is 2. The van der Waals surface area contributed by atoms with Crippen molar-refractivity contribution in [3.8, 4) is 11.5 Å². The smallest absolute Gasteiger partial charge is 0.343 e. The SMILES string of the molecule is O=C1COc2ccc(OC(=O)c3ccc(Cl)c(Cl)c3)cc2N1. The first-order chi connectivity index (χ1) is 10.5. The zero-order valence-electron chi connectivity index (χ0n) is 11.1. The molecule has 0 spiro atoms. The molecule has 1 aliphatic heterocycles. The molecule has 3 rings (SSSR count). The molecule has 2 aromatic carbocycles. The van der Waals surface area contributed by atoms with Crippen molar-refractivity contribution in [2.75, 3.05) is 11.9 Å². The molecule has 1 N–H and O–H groups in total. The number of nitrogens with one attached hydrogen (secondary N) is 1. The molecule has 0 atom stereocenters. The lowest BCUT2D eigenvalue weighted by Crippen LogP contribution is -2.25. The van der Waals surface area contributed by atoms with Gasteiger partial charge in [0.25, 0.3) is 5.91 Å². The van der Waals surface area contributed by atoms with Crippen LogP contribution in [0.1, 0.15) is 10.4 Å². The van der Waals surface area contributed by atoms with Crippen molar-refractivity contribution in [2.24, 2.45) is 0 Å². The van der Waals surface area contributed by atoms with Crippen LogP contribution in [0.25, 0.3) is 0 Å². The first kappa shape index (κ1) is 14.7. The lowest BCUT2D eigenvalue weighted by Gasteiger charge is -2.18. The number of anilines is 1. The standard InChI is InChI=1S/C15H9Cl2NO4/c16-10-3-1-8(5-11(10)17)15(20)22-9-2-4-13-12(6-9)18-14(19)7-21-13/h1-6H,7H2,(H,18,19). The molecule has 1 aliphatic rings. The summed E-state index contributed by atoms with van der Waals surface area (Å²) in [4.78, 5) is 23.3. The number of hydrogen-bond acceptors (Lipinski definition) is 4. The van der Waals surface area contributed by atoms with Crippen molar-refractivity contribution in [1.82, 2.24) is 0 Å². The van der Waals surface area contributed by atoms with Gasteiger partial charge in [-0.15, -0.1) is 0 Å². The van der Waals surface area contributed by atoms with E-state index in [4.69, 9.17) is 32.7 Å². The Bertz CT molecular complexity index is 776. The van der Waals surface area contributed by atoms with E-state index >= 15 is 0 Å². The minimum atomic E-state index is -0.582. The molecule has 112 valence electrons. The third-order valence-corrected chi connectivity index (χ3v) is 3.69. The zero-order chi connectivity index (χ0) is 15.7. The maximum absolute atomic E-state index is 12.1. The van der Waals surface area contributed by atoms with Gasteiger partial charge in [-0.3, -0.25) is 4.79 Å². The van der Waals surface area contributed by atoms with Gasteiger partial charge >= 0.3 is 5.97 Å². The van der Waals surface area contributed by atoms with E-state index in [9.17, 15) is 9.59 Å². The molecule has 0 aromatic heterocycles. The lowest BCUT2D eigenvalue weighted by molar-refractivity contribution is -0.118. The van der Waals surface area contributed by atoms with E-state index < -0.39 is 5.97 Å². The predicted molar refractivity (Wildman–Crippen MR) is 82.0 cm³/mol. The fraction of sp³-hybridized carbons (Fsp3) is 0.0667. The van der Waals surface area contributed by atoms with Crippen LogP contribution in [0.4, 0.5) is 5.69 Å². The van der Waals surface area contributed by atoms with Crippen molar-refractivity contribution in [2.45, 2.75) is 0 Å². The van der Waals surface area contributed by atoms with Gasteiger partial charge in [-0.2, -0.15) is 0 Å². The van der Waals surface area contributed by atoms with Crippen LogP contribution in [0.2, 0.25) is 10.0 Å². The quantitative estimate of drug-likeness (QED) is 0.672. The van der Waals surface area contributed by atoms with Crippen LogP contribution in [0.3, 0.4) is 0 Å². The van der Waals surface area contributed by atoms with Crippen molar-refractivity contribution in [3.63, 3.8) is 0 Å². The van der Waals surface area contributed by atoms with Gasteiger partial charge in [-0.1, -0.05) is 23.2 Å². The zero-order valence-corrected chi connectivity index (χ0v) is 12.6. The summed E-state index contributed by atoms with van der Waals surface area (Å²) in [5.41, 5.74) is 0.725. The van der Waals surface area contributed by atoms with Crippen LogP contribution in [0, 0.1) is 0 Å². The minimum Gasteiger partial charge on any atom is -0.482 e. The van der Waals surface area contributed by atoms with Gasteiger partial charge in [-0.05, 0) is 30.3 Å². The van der Waals surface area contributed by atoms with Gasteiger partial charge < -0.3 is 14.8 Å². The predicted octanol–water partition coefficient (Wildman–Crippen LogP) is 3.54. The second-order valence-electron chi connectivity index (χ2n) is 4.51. The summed E-state index contributed by atoms with van der Waals surface area (Å²) in [6.45, 7) is -0.0323. The maximum Gasteiger partial charge on any atom is 0.343 e. The van der Waals surface area contributed by atoms with Crippen molar-refractivity contribution in [1.29, 1.82) is 0 Å². The number of carbonyl (C=O) groups is 2.